The van der Waals surface area contributed by atoms with Gasteiger partial charge in [0, 0.05) is 12.0 Å². The number of ether oxygens (including phenoxy) is 2. The summed E-state index contributed by atoms with van der Waals surface area (Å²) in [5.41, 5.74) is 0.501. The number of aromatic nitrogens is 2. The van der Waals surface area contributed by atoms with Crippen LogP contribution in [0.25, 0.3) is 0 Å². The van der Waals surface area contributed by atoms with Crippen molar-refractivity contribution in [2.75, 3.05) is 12.4 Å². The Hall–Kier alpha value is -2.15. The van der Waals surface area contributed by atoms with E-state index in [0.717, 1.165) is 24.3 Å². The van der Waals surface area contributed by atoms with Crippen molar-refractivity contribution in [1.29, 1.82) is 0 Å². The molecule has 2 aromatic rings. The van der Waals surface area contributed by atoms with Crippen LogP contribution in [0.1, 0.15) is 54.9 Å². The molecule has 0 bridgehead atoms. The highest BCUT2D eigenvalue weighted by Gasteiger charge is 2.19. The highest BCUT2D eigenvalue weighted by molar-refractivity contribution is 7.15. The molecule has 1 heterocycles. The van der Waals surface area contributed by atoms with Crippen molar-refractivity contribution in [2.45, 2.75) is 52.1 Å². The summed E-state index contributed by atoms with van der Waals surface area (Å²) in [4.78, 5) is 12.5. The average molecular weight is 375 g/mol. The lowest BCUT2D eigenvalue weighted by Crippen LogP contribution is -2.14. The minimum Gasteiger partial charge on any atom is -0.493 e. The topological polar surface area (TPSA) is 73.3 Å². The third-order valence-electron chi connectivity index (χ3n) is 4.29. The van der Waals surface area contributed by atoms with Crippen LogP contribution in [-0.2, 0) is 6.42 Å². The Morgan fingerprint density at radius 2 is 2.04 bits per heavy atom. The van der Waals surface area contributed by atoms with Crippen LogP contribution < -0.4 is 14.8 Å². The lowest BCUT2D eigenvalue weighted by molar-refractivity contribution is 0.102. The Morgan fingerprint density at radius 3 is 2.73 bits per heavy atom. The largest absolute Gasteiger partial charge is 0.493 e. The Labute approximate surface area is 157 Å². The highest BCUT2D eigenvalue weighted by Crippen LogP contribution is 2.32. The maximum absolute atomic E-state index is 12.5. The van der Waals surface area contributed by atoms with Gasteiger partial charge in [-0.3, -0.25) is 10.1 Å². The number of benzene rings is 1. The molecule has 0 saturated heterocycles. The van der Waals surface area contributed by atoms with Crippen molar-refractivity contribution in [3.8, 4) is 11.5 Å². The first-order valence-corrected chi connectivity index (χ1v) is 9.85. The van der Waals surface area contributed by atoms with E-state index in [0.29, 0.717) is 28.1 Å². The third kappa shape index (κ3) is 4.72. The molecule has 3 rings (SSSR count). The van der Waals surface area contributed by atoms with Crippen molar-refractivity contribution in [1.82, 2.24) is 10.2 Å². The number of rotatable bonds is 7. The highest BCUT2D eigenvalue weighted by atomic mass is 32.1. The van der Waals surface area contributed by atoms with Crippen LogP contribution in [0.5, 0.6) is 11.5 Å². The molecule has 1 aromatic carbocycles. The summed E-state index contributed by atoms with van der Waals surface area (Å²) in [6, 6.07) is 5.25. The number of carbonyl (C=O) groups is 1. The van der Waals surface area contributed by atoms with Crippen molar-refractivity contribution in [3.05, 3.63) is 28.8 Å². The van der Waals surface area contributed by atoms with E-state index in [4.69, 9.17) is 9.47 Å². The van der Waals surface area contributed by atoms with Gasteiger partial charge in [0.15, 0.2) is 11.5 Å². The summed E-state index contributed by atoms with van der Waals surface area (Å²) in [6.07, 6.45) is 5.64. The smallest absolute Gasteiger partial charge is 0.257 e. The van der Waals surface area contributed by atoms with Gasteiger partial charge in [-0.15, -0.1) is 10.2 Å². The van der Waals surface area contributed by atoms with Gasteiger partial charge in [-0.1, -0.05) is 25.2 Å². The number of methoxy groups -OCH3 is 1. The Bertz CT molecular complexity index is 754. The number of nitrogens with one attached hydrogen (secondary N) is 1. The predicted octanol–water partition coefficient (Wildman–Crippen LogP) is 4.32. The zero-order valence-electron chi connectivity index (χ0n) is 15.4. The monoisotopic (exact) mass is 375 g/mol. The van der Waals surface area contributed by atoms with Gasteiger partial charge in [0.05, 0.1) is 13.2 Å². The average Bonchev–Trinajstić information content (AvgIpc) is 3.27. The molecule has 1 aliphatic rings. The van der Waals surface area contributed by atoms with Crippen molar-refractivity contribution < 1.29 is 14.3 Å². The molecule has 140 valence electrons. The first-order chi connectivity index (χ1) is 12.5. The van der Waals surface area contributed by atoms with Crippen LogP contribution in [0.2, 0.25) is 0 Å². The summed E-state index contributed by atoms with van der Waals surface area (Å²) < 4.78 is 11.4. The molecular weight excluding hydrogens is 350 g/mol. The van der Waals surface area contributed by atoms with Gasteiger partial charge in [0.25, 0.3) is 5.91 Å². The molecule has 1 amide bonds. The van der Waals surface area contributed by atoms with Crippen LogP contribution in [0, 0.1) is 5.92 Å². The molecule has 0 spiro atoms. The van der Waals surface area contributed by atoms with Crippen LogP contribution in [0.15, 0.2) is 18.2 Å². The van der Waals surface area contributed by atoms with Gasteiger partial charge in [-0.05, 0) is 49.8 Å². The molecule has 0 aliphatic heterocycles. The van der Waals surface area contributed by atoms with Gasteiger partial charge < -0.3 is 9.47 Å². The zero-order chi connectivity index (χ0) is 18.5. The fraction of sp³-hybridized carbons (Fsp3) is 0.526. The first-order valence-electron chi connectivity index (χ1n) is 9.03. The minimum atomic E-state index is -0.233. The number of anilines is 1. The fourth-order valence-corrected chi connectivity index (χ4v) is 3.94. The lowest BCUT2D eigenvalue weighted by atomic mass is 10.1. The van der Waals surface area contributed by atoms with Crippen LogP contribution in [-0.4, -0.2) is 29.3 Å². The van der Waals surface area contributed by atoms with Crippen molar-refractivity contribution in [3.63, 3.8) is 0 Å². The van der Waals surface area contributed by atoms with Crippen LogP contribution in [0.4, 0.5) is 5.13 Å². The Morgan fingerprint density at radius 1 is 1.27 bits per heavy atom. The van der Waals surface area contributed by atoms with Gasteiger partial charge in [0.1, 0.15) is 5.01 Å². The molecule has 7 heteroatoms. The Balaban J connectivity index is 1.67. The normalized spacial score (nSPS) is 14.6. The maximum Gasteiger partial charge on any atom is 0.257 e. The number of nitrogens with zero attached hydrogens (tertiary/aromatic N) is 2. The molecule has 1 saturated carbocycles. The van der Waals surface area contributed by atoms with Gasteiger partial charge in [-0.2, -0.15) is 0 Å². The van der Waals surface area contributed by atoms with E-state index in [1.165, 1.54) is 24.2 Å². The molecule has 1 fully saturated rings. The van der Waals surface area contributed by atoms with E-state index in [9.17, 15) is 4.79 Å². The summed E-state index contributed by atoms with van der Waals surface area (Å²) >= 11 is 1.41. The van der Waals surface area contributed by atoms with E-state index in [1.807, 2.05) is 0 Å². The standard InChI is InChI=1S/C19H25N3O3S/c1-12(2)10-17-21-22-19(26-17)20-18(23)13-8-9-15(16(11-13)24-3)25-14-6-4-5-7-14/h8-9,11-12,14H,4-7,10H2,1-3H3,(H,20,22,23). The van der Waals surface area contributed by atoms with Gasteiger partial charge >= 0.3 is 0 Å². The predicted molar refractivity (Wildman–Crippen MR) is 102 cm³/mol. The third-order valence-corrected chi connectivity index (χ3v) is 5.15. The first kappa shape index (κ1) is 18.6. The summed E-state index contributed by atoms with van der Waals surface area (Å²) in [6.45, 7) is 4.25. The molecular formula is C19H25N3O3S. The Kier molecular flexibility index (Phi) is 6.08. The fourth-order valence-electron chi connectivity index (χ4n) is 3.00. The van der Waals surface area contributed by atoms with Crippen LogP contribution in [0.3, 0.4) is 0 Å². The molecule has 0 radical (unpaired) electrons. The second kappa shape index (κ2) is 8.49. The molecule has 1 N–H and O–H groups in total. The SMILES string of the molecule is COc1cc(C(=O)Nc2nnc(CC(C)C)s2)ccc1OC1CCCC1. The van der Waals surface area contributed by atoms with E-state index >= 15 is 0 Å². The number of carbonyl (C=O) groups excluding carboxylic acids is 1. The number of amides is 1. The molecule has 6 nitrogen and oxygen atoms in total. The van der Waals surface area contributed by atoms with Crippen molar-refractivity contribution in [2.24, 2.45) is 5.92 Å². The summed E-state index contributed by atoms with van der Waals surface area (Å²) in [5, 5.41) is 12.4. The number of hydrogen-bond acceptors (Lipinski definition) is 6. The van der Waals surface area contributed by atoms with E-state index < -0.39 is 0 Å². The van der Waals surface area contributed by atoms with Crippen molar-refractivity contribution >= 4 is 22.4 Å². The van der Waals surface area contributed by atoms with E-state index in [1.54, 1.807) is 25.3 Å². The maximum atomic E-state index is 12.5. The molecule has 0 atom stereocenters. The van der Waals surface area contributed by atoms with E-state index in [2.05, 4.69) is 29.4 Å². The van der Waals surface area contributed by atoms with Gasteiger partial charge in [0.2, 0.25) is 5.13 Å². The second-order valence-corrected chi connectivity index (χ2v) is 8.01. The zero-order valence-corrected chi connectivity index (χ0v) is 16.3. The molecule has 26 heavy (non-hydrogen) atoms. The minimum absolute atomic E-state index is 0.233. The van der Waals surface area contributed by atoms with Crippen LogP contribution >= 0.6 is 11.3 Å². The lowest BCUT2D eigenvalue weighted by Gasteiger charge is -2.16. The summed E-state index contributed by atoms with van der Waals surface area (Å²) in [7, 11) is 1.58. The number of hydrogen-bond donors (Lipinski definition) is 1. The second-order valence-electron chi connectivity index (χ2n) is 6.94. The molecule has 1 aromatic heterocycles. The molecule has 1 aliphatic carbocycles. The summed E-state index contributed by atoms with van der Waals surface area (Å²) in [5.74, 6) is 1.53. The van der Waals surface area contributed by atoms with Gasteiger partial charge in [-0.25, -0.2) is 0 Å². The molecule has 0 unspecified atom stereocenters. The van der Waals surface area contributed by atoms with E-state index in [-0.39, 0.29) is 12.0 Å². The quantitative estimate of drug-likeness (QED) is 0.780.